The van der Waals surface area contributed by atoms with Crippen LogP contribution in [0, 0.1) is 5.92 Å². The van der Waals surface area contributed by atoms with Crippen molar-refractivity contribution >= 4 is 29.1 Å². The van der Waals surface area contributed by atoms with E-state index >= 15 is 0 Å². The lowest BCUT2D eigenvalue weighted by Crippen LogP contribution is -2.54. The average Bonchev–Trinajstić information content (AvgIpc) is 3.35. The summed E-state index contributed by atoms with van der Waals surface area (Å²) < 4.78 is 17.6. The normalized spacial score (nSPS) is 17.7. The molecule has 0 aliphatic carbocycles. The molecule has 226 valence electrons. The van der Waals surface area contributed by atoms with Crippen molar-refractivity contribution in [1.82, 2.24) is 10.6 Å². The van der Waals surface area contributed by atoms with Crippen LogP contribution in [0.4, 0.5) is 11.4 Å². The molecule has 0 saturated heterocycles. The highest BCUT2D eigenvalue weighted by atomic mass is 16.5. The van der Waals surface area contributed by atoms with Crippen LogP contribution in [0.2, 0.25) is 0 Å². The molecule has 5 rings (SSSR count). The molecule has 0 radical (unpaired) electrons. The summed E-state index contributed by atoms with van der Waals surface area (Å²) in [7, 11) is 1.38. The van der Waals surface area contributed by atoms with Gasteiger partial charge in [-0.15, -0.1) is 0 Å². The highest BCUT2D eigenvalue weighted by molar-refractivity contribution is 5.98. The second-order valence-electron chi connectivity index (χ2n) is 11.1. The quantitative estimate of drug-likeness (QED) is 0.226. The zero-order valence-corrected chi connectivity index (χ0v) is 24.3. The largest absolute Gasteiger partial charge is 0.456 e. The molecule has 0 bridgehead atoms. The Morgan fingerprint density at radius 2 is 1.67 bits per heavy atom. The molecule has 0 fully saturated rings. The van der Waals surface area contributed by atoms with Crippen LogP contribution in [0.25, 0.3) is 0 Å². The molecule has 1 unspecified atom stereocenters. The third kappa shape index (κ3) is 5.92. The molecular weight excluding hydrogens is 552 g/mol. The third-order valence-corrected chi connectivity index (χ3v) is 7.52. The van der Waals surface area contributed by atoms with E-state index in [0.29, 0.717) is 35.9 Å². The lowest BCUT2D eigenvalue weighted by molar-refractivity contribution is -0.133. The third-order valence-electron chi connectivity index (χ3n) is 7.52. The van der Waals surface area contributed by atoms with Crippen LogP contribution >= 0.6 is 0 Å². The number of carbonyl (C=O) groups is 3. The van der Waals surface area contributed by atoms with Crippen LogP contribution in [0.1, 0.15) is 42.5 Å². The van der Waals surface area contributed by atoms with Gasteiger partial charge in [0.1, 0.15) is 30.2 Å². The van der Waals surface area contributed by atoms with E-state index in [4.69, 9.17) is 19.9 Å². The van der Waals surface area contributed by atoms with Crippen molar-refractivity contribution in [3.05, 3.63) is 82.9 Å². The minimum absolute atomic E-state index is 0.0788. The Balaban J connectivity index is 1.39. The van der Waals surface area contributed by atoms with Gasteiger partial charge in [-0.05, 0) is 47.7 Å². The number of rotatable bonds is 10. The van der Waals surface area contributed by atoms with E-state index in [1.54, 1.807) is 18.2 Å². The second kappa shape index (κ2) is 12.4. The van der Waals surface area contributed by atoms with Crippen LogP contribution in [-0.4, -0.2) is 55.2 Å². The van der Waals surface area contributed by atoms with Crippen LogP contribution in [0.5, 0.6) is 11.5 Å². The molecule has 1 spiro atoms. The summed E-state index contributed by atoms with van der Waals surface area (Å²) in [6, 6.07) is 16.5. The Hall–Kier alpha value is -4.45. The minimum Gasteiger partial charge on any atom is -0.456 e. The Kier molecular flexibility index (Phi) is 8.67. The average molecular weight is 589 g/mol. The van der Waals surface area contributed by atoms with E-state index in [2.05, 4.69) is 16.0 Å². The van der Waals surface area contributed by atoms with E-state index in [1.165, 1.54) is 7.11 Å². The summed E-state index contributed by atoms with van der Waals surface area (Å²) in [4.78, 5) is 38.3. The molecule has 2 aliphatic heterocycles. The van der Waals surface area contributed by atoms with Crippen molar-refractivity contribution < 1.29 is 33.7 Å². The molecule has 3 atom stereocenters. The number of aliphatic hydroxyl groups excluding tert-OH is 1. The van der Waals surface area contributed by atoms with Gasteiger partial charge in [-0.25, -0.2) is 0 Å². The van der Waals surface area contributed by atoms with Gasteiger partial charge in [-0.2, -0.15) is 0 Å². The number of ether oxygens (including phenoxy) is 3. The number of amides is 3. The molecule has 6 N–H and O–H groups in total. The number of nitrogen functional groups attached to an aromatic ring is 1. The Morgan fingerprint density at radius 3 is 2.40 bits per heavy atom. The first kappa shape index (κ1) is 30.0. The monoisotopic (exact) mass is 588 g/mol. The summed E-state index contributed by atoms with van der Waals surface area (Å²) in [6.45, 7) is 3.37. The molecule has 11 heteroatoms. The maximum Gasteiger partial charge on any atom is 0.249 e. The van der Waals surface area contributed by atoms with E-state index in [9.17, 15) is 19.5 Å². The fourth-order valence-corrected chi connectivity index (χ4v) is 5.62. The van der Waals surface area contributed by atoms with Crippen LogP contribution in [0.3, 0.4) is 0 Å². The molecule has 11 nitrogen and oxygen atoms in total. The lowest BCUT2D eigenvalue weighted by atomic mass is 9.77. The highest BCUT2D eigenvalue weighted by Crippen LogP contribution is 2.56. The number of anilines is 2. The standard InChI is InChI=1S/C32H36N4O7/c1-18(2)12-25(35-29(38)17-41-3)30(39)36-26(15-37)31(40)34-21-9-11-24-28(14-21)43-27-13-20(33)8-10-23(27)32(24)22-7-5-4-6-19(22)16-42-32/h4-11,13-14,18,25-26,37H,12,15-17,33H2,1-3H3,(H,34,40)(H,35,38)(H,36,39)/t25-,26-,32?/m0/s1. The second-order valence-corrected chi connectivity index (χ2v) is 11.1. The number of benzene rings is 3. The van der Waals surface area contributed by atoms with Gasteiger partial charge in [0.2, 0.25) is 17.7 Å². The van der Waals surface area contributed by atoms with Crippen molar-refractivity contribution in [3.63, 3.8) is 0 Å². The number of nitrogens with one attached hydrogen (secondary N) is 3. The zero-order chi connectivity index (χ0) is 30.7. The van der Waals surface area contributed by atoms with Gasteiger partial charge in [0.05, 0.1) is 13.2 Å². The lowest BCUT2D eigenvalue weighted by Gasteiger charge is -2.37. The van der Waals surface area contributed by atoms with Gasteiger partial charge in [0.15, 0.2) is 5.60 Å². The summed E-state index contributed by atoms with van der Waals surface area (Å²) in [5.74, 6) is -0.600. The van der Waals surface area contributed by atoms with Crippen molar-refractivity contribution in [2.45, 2.75) is 44.6 Å². The predicted octanol–water partition coefficient (Wildman–Crippen LogP) is 2.79. The first-order chi connectivity index (χ1) is 20.7. The molecular formula is C32H36N4O7. The van der Waals surface area contributed by atoms with E-state index in [0.717, 1.165) is 22.3 Å². The van der Waals surface area contributed by atoms with E-state index in [1.807, 2.05) is 56.3 Å². The van der Waals surface area contributed by atoms with Gasteiger partial charge < -0.3 is 41.0 Å². The van der Waals surface area contributed by atoms with E-state index in [-0.39, 0.29) is 12.5 Å². The number of hydrogen-bond acceptors (Lipinski definition) is 8. The van der Waals surface area contributed by atoms with Gasteiger partial charge in [0, 0.05) is 41.7 Å². The molecule has 3 aromatic rings. The van der Waals surface area contributed by atoms with Crippen LogP contribution in [0.15, 0.2) is 60.7 Å². The molecule has 0 aromatic heterocycles. The van der Waals surface area contributed by atoms with Gasteiger partial charge in [0.25, 0.3) is 0 Å². The van der Waals surface area contributed by atoms with Gasteiger partial charge in [-0.1, -0.05) is 38.1 Å². The maximum absolute atomic E-state index is 13.2. The van der Waals surface area contributed by atoms with Gasteiger partial charge in [-0.3, -0.25) is 14.4 Å². The van der Waals surface area contributed by atoms with Crippen LogP contribution < -0.4 is 26.4 Å². The molecule has 3 amide bonds. The fourth-order valence-electron chi connectivity index (χ4n) is 5.62. The molecule has 0 saturated carbocycles. The van der Waals surface area contributed by atoms with Crippen molar-refractivity contribution in [1.29, 1.82) is 0 Å². The smallest absolute Gasteiger partial charge is 0.249 e. The summed E-state index contributed by atoms with van der Waals surface area (Å²) in [6.07, 6.45) is 0.335. The topological polar surface area (TPSA) is 161 Å². The number of fused-ring (bicyclic) bond motifs is 6. The van der Waals surface area contributed by atoms with Crippen molar-refractivity contribution in [2.75, 3.05) is 31.4 Å². The molecule has 43 heavy (non-hydrogen) atoms. The molecule has 2 aliphatic rings. The minimum atomic E-state index is -1.27. The van der Waals surface area contributed by atoms with E-state index < -0.39 is 42.0 Å². The SMILES string of the molecule is COCC(=O)N[C@@H](CC(C)C)C(=O)N[C@@H](CO)C(=O)Nc1ccc2c(c1)Oc1cc(N)ccc1C21OCc2ccccc21. The predicted molar refractivity (Wildman–Crippen MR) is 159 cm³/mol. The van der Waals surface area contributed by atoms with Crippen LogP contribution in [-0.2, 0) is 36.1 Å². The highest BCUT2D eigenvalue weighted by Gasteiger charge is 2.49. The fraction of sp³-hybridized carbons (Fsp3) is 0.344. The number of nitrogens with two attached hydrogens (primary N) is 1. The Bertz CT molecular complexity index is 1540. The molecule has 2 heterocycles. The zero-order valence-electron chi connectivity index (χ0n) is 24.3. The number of methoxy groups -OCH3 is 1. The Labute approximate surface area is 249 Å². The number of carbonyl (C=O) groups excluding carboxylic acids is 3. The first-order valence-corrected chi connectivity index (χ1v) is 14.1. The molecule has 3 aromatic carbocycles. The summed E-state index contributed by atoms with van der Waals surface area (Å²) >= 11 is 0. The summed E-state index contributed by atoms with van der Waals surface area (Å²) in [5.41, 5.74) is 9.74. The van der Waals surface area contributed by atoms with Crippen molar-refractivity contribution in [3.8, 4) is 11.5 Å². The Morgan fingerprint density at radius 1 is 0.953 bits per heavy atom. The number of aliphatic hydroxyl groups is 1. The maximum atomic E-state index is 13.2. The van der Waals surface area contributed by atoms with Crippen molar-refractivity contribution in [2.24, 2.45) is 5.92 Å². The first-order valence-electron chi connectivity index (χ1n) is 14.1. The number of hydrogen-bond donors (Lipinski definition) is 5. The summed E-state index contributed by atoms with van der Waals surface area (Å²) in [5, 5.41) is 17.9. The van der Waals surface area contributed by atoms with Gasteiger partial charge >= 0.3 is 0 Å².